The zero-order valence-electron chi connectivity index (χ0n) is 39.4. The summed E-state index contributed by atoms with van der Waals surface area (Å²) in [5.41, 5.74) is 0.768. The first kappa shape index (κ1) is 51.6. The van der Waals surface area contributed by atoms with E-state index in [1.807, 2.05) is 97.8 Å². The Labute approximate surface area is 366 Å². The van der Waals surface area contributed by atoms with Gasteiger partial charge in [0.1, 0.15) is 12.1 Å². The summed E-state index contributed by atoms with van der Waals surface area (Å²) in [6.45, 7) is 18.7. The summed E-state index contributed by atoms with van der Waals surface area (Å²) in [4.78, 5) is 76.7. The molecule has 0 saturated carbocycles. The maximum atomic E-state index is 14.4. The lowest BCUT2D eigenvalue weighted by Gasteiger charge is -2.41. The molecule has 15 nitrogen and oxygen atoms in total. The lowest BCUT2D eigenvalue weighted by molar-refractivity contribution is -0.148. The molecule has 0 bridgehead atoms. The molecule has 2 aliphatic rings. The van der Waals surface area contributed by atoms with Gasteiger partial charge in [0.05, 0.1) is 48.7 Å². The highest BCUT2D eigenvalue weighted by Crippen LogP contribution is 2.30. The molecular formula is C46H79N7O8. The lowest BCUT2D eigenvalue weighted by Crippen LogP contribution is -2.59. The first-order valence-corrected chi connectivity index (χ1v) is 22.5. The molecule has 0 spiro atoms. The second-order valence-corrected chi connectivity index (χ2v) is 18.1. The summed E-state index contributed by atoms with van der Waals surface area (Å²) in [5, 5.41) is 9.46. The van der Waals surface area contributed by atoms with Crippen LogP contribution in [0.25, 0.3) is 0 Å². The predicted octanol–water partition coefficient (Wildman–Crippen LogP) is 4.31. The highest BCUT2D eigenvalue weighted by Gasteiger charge is 2.43. The van der Waals surface area contributed by atoms with Gasteiger partial charge in [-0.2, -0.15) is 0 Å². The molecule has 10 atom stereocenters. The van der Waals surface area contributed by atoms with Crippen molar-refractivity contribution in [1.29, 1.82) is 0 Å². The zero-order valence-corrected chi connectivity index (χ0v) is 39.4. The van der Waals surface area contributed by atoms with E-state index < -0.39 is 54.5 Å². The number of benzene rings is 1. The third-order valence-corrected chi connectivity index (χ3v) is 12.7. The fraction of sp³-hybridized carbons (Fsp3) is 0.761. The number of methoxy groups -OCH3 is 2. The van der Waals surface area contributed by atoms with Gasteiger partial charge < -0.3 is 44.9 Å². The standard InChI is InChI=1S/C46H79N7O8/c1-14-31(6)40(51(11)45(57)38(29(2)3)49-44(56)39(30(4)5)50(9)10)36(59-12)28-37(54)53-26-18-22-35(53)41(60-13)32(7)43(55)48-33(8)42(34-20-16-15-17-21-34)61-46(58)52-25-19-23-47-24-27-52/h15-17,20-21,29-33,35-36,38-42,47H,14,18-19,22-28H2,1-13H3,(H,48,55)(H,49,56)/t31-,32+,33+,35-,36?,38-,39-,40-,41+,42+/m0/s1. The second kappa shape index (κ2) is 24.7. The van der Waals surface area contributed by atoms with Crippen molar-refractivity contribution < 1.29 is 38.2 Å². The molecule has 0 aliphatic carbocycles. The molecular weight excluding hydrogens is 779 g/mol. The monoisotopic (exact) mass is 858 g/mol. The fourth-order valence-corrected chi connectivity index (χ4v) is 9.16. The number of hydrogen-bond donors (Lipinski definition) is 3. The van der Waals surface area contributed by atoms with E-state index in [9.17, 15) is 24.0 Å². The van der Waals surface area contributed by atoms with Gasteiger partial charge in [-0.1, -0.05) is 85.2 Å². The Morgan fingerprint density at radius 3 is 2.08 bits per heavy atom. The minimum Gasteiger partial charge on any atom is -0.439 e. The number of hydrogen-bond acceptors (Lipinski definition) is 10. The van der Waals surface area contributed by atoms with Crippen LogP contribution in [0.1, 0.15) is 99.2 Å². The molecule has 15 heteroatoms. The summed E-state index contributed by atoms with van der Waals surface area (Å²) in [5.74, 6) is -1.71. The Kier molecular flexibility index (Phi) is 20.9. The third kappa shape index (κ3) is 13.8. The number of carbonyl (C=O) groups is 5. The second-order valence-electron chi connectivity index (χ2n) is 18.1. The van der Waals surface area contributed by atoms with E-state index in [1.54, 1.807) is 42.9 Å². The van der Waals surface area contributed by atoms with E-state index in [1.165, 1.54) is 0 Å². The molecule has 2 heterocycles. The zero-order chi connectivity index (χ0) is 45.6. The minimum absolute atomic E-state index is 0.0135. The van der Waals surface area contributed by atoms with Gasteiger partial charge in [-0.25, -0.2) is 4.79 Å². The topological polar surface area (TPSA) is 162 Å². The number of likely N-dealkylation sites (N-methyl/N-ethyl adjacent to an activating group) is 2. The van der Waals surface area contributed by atoms with E-state index in [0.717, 1.165) is 31.4 Å². The van der Waals surface area contributed by atoms with E-state index in [2.05, 4.69) is 16.0 Å². The number of carbonyl (C=O) groups excluding carboxylic acids is 5. The van der Waals surface area contributed by atoms with Crippen LogP contribution in [-0.4, -0.2) is 160 Å². The number of rotatable bonds is 21. The maximum absolute atomic E-state index is 14.4. The quantitative estimate of drug-likeness (QED) is 0.163. The van der Waals surface area contributed by atoms with Gasteiger partial charge in [0.15, 0.2) is 0 Å². The number of nitrogens with one attached hydrogen (secondary N) is 3. The molecule has 2 fully saturated rings. The molecule has 0 aromatic heterocycles. The van der Waals surface area contributed by atoms with Gasteiger partial charge in [0, 0.05) is 47.4 Å². The Bertz CT molecular complexity index is 1530. The molecule has 1 aromatic carbocycles. The van der Waals surface area contributed by atoms with Gasteiger partial charge in [-0.15, -0.1) is 0 Å². The van der Waals surface area contributed by atoms with Crippen molar-refractivity contribution in [1.82, 2.24) is 35.6 Å². The summed E-state index contributed by atoms with van der Waals surface area (Å²) < 4.78 is 18.2. The Hall–Kier alpha value is -3.79. The number of amides is 5. The first-order valence-electron chi connectivity index (χ1n) is 22.5. The van der Waals surface area contributed by atoms with Gasteiger partial charge >= 0.3 is 6.09 Å². The van der Waals surface area contributed by atoms with Crippen LogP contribution in [0, 0.1) is 23.7 Å². The van der Waals surface area contributed by atoms with Crippen LogP contribution in [0.3, 0.4) is 0 Å². The van der Waals surface area contributed by atoms with E-state index in [-0.39, 0.29) is 53.8 Å². The minimum atomic E-state index is -0.772. The van der Waals surface area contributed by atoms with Crippen LogP contribution in [0.4, 0.5) is 4.79 Å². The van der Waals surface area contributed by atoms with Gasteiger partial charge in [0.25, 0.3) is 0 Å². The SMILES string of the molecule is CC[C@H](C)[C@@H](C(CC(=O)N1CCC[C@H]1[C@H](OC)[C@@H](C)C(=O)N[C@H](C)[C@@H](OC(=O)N1CCCNCC1)c1ccccc1)OC)N(C)C(=O)[C@@H](NC(=O)[C@H](C(C)C)N(C)C)C(C)C. The highest BCUT2D eigenvalue weighted by atomic mass is 16.6. The molecule has 346 valence electrons. The molecule has 1 unspecified atom stereocenters. The third-order valence-electron chi connectivity index (χ3n) is 12.7. The number of ether oxygens (including phenoxy) is 3. The summed E-state index contributed by atoms with van der Waals surface area (Å²) in [7, 11) is 8.58. The van der Waals surface area contributed by atoms with Crippen LogP contribution < -0.4 is 16.0 Å². The predicted molar refractivity (Wildman–Crippen MR) is 238 cm³/mol. The van der Waals surface area contributed by atoms with Crippen molar-refractivity contribution >= 4 is 29.7 Å². The summed E-state index contributed by atoms with van der Waals surface area (Å²) in [6, 6.07) is 6.82. The van der Waals surface area contributed by atoms with E-state index in [4.69, 9.17) is 14.2 Å². The smallest absolute Gasteiger partial charge is 0.410 e. The van der Waals surface area contributed by atoms with E-state index >= 15 is 0 Å². The van der Waals surface area contributed by atoms with Crippen LogP contribution in [0.2, 0.25) is 0 Å². The molecule has 3 rings (SSSR count). The fourth-order valence-electron chi connectivity index (χ4n) is 9.16. The molecule has 3 N–H and O–H groups in total. The van der Waals surface area contributed by atoms with Crippen LogP contribution in [0.15, 0.2) is 30.3 Å². The van der Waals surface area contributed by atoms with Crippen LogP contribution in [0.5, 0.6) is 0 Å². The lowest BCUT2D eigenvalue weighted by atomic mass is 9.89. The average molecular weight is 858 g/mol. The normalized spacial score (nSPS) is 20.5. The van der Waals surface area contributed by atoms with Crippen molar-refractivity contribution in [3.05, 3.63) is 35.9 Å². The van der Waals surface area contributed by atoms with Crippen molar-refractivity contribution in [2.75, 3.05) is 68.1 Å². The molecule has 0 radical (unpaired) electrons. The Morgan fingerprint density at radius 1 is 0.836 bits per heavy atom. The Morgan fingerprint density at radius 2 is 1.51 bits per heavy atom. The number of nitrogens with zero attached hydrogens (tertiary/aromatic N) is 4. The maximum Gasteiger partial charge on any atom is 0.410 e. The summed E-state index contributed by atoms with van der Waals surface area (Å²) >= 11 is 0. The molecule has 61 heavy (non-hydrogen) atoms. The van der Waals surface area contributed by atoms with Gasteiger partial charge in [0.2, 0.25) is 23.6 Å². The van der Waals surface area contributed by atoms with Crippen molar-refractivity contribution in [3.8, 4) is 0 Å². The van der Waals surface area contributed by atoms with Crippen molar-refractivity contribution in [2.24, 2.45) is 23.7 Å². The van der Waals surface area contributed by atoms with E-state index in [0.29, 0.717) is 32.6 Å². The largest absolute Gasteiger partial charge is 0.439 e. The highest BCUT2D eigenvalue weighted by molar-refractivity contribution is 5.90. The van der Waals surface area contributed by atoms with Crippen LogP contribution >= 0.6 is 0 Å². The molecule has 1 aromatic rings. The molecule has 2 saturated heterocycles. The Balaban J connectivity index is 1.78. The van der Waals surface area contributed by atoms with Gasteiger partial charge in [-0.05, 0) is 70.1 Å². The van der Waals surface area contributed by atoms with Crippen molar-refractivity contribution in [3.63, 3.8) is 0 Å². The molecule has 5 amide bonds. The van der Waals surface area contributed by atoms with Crippen LogP contribution in [-0.2, 0) is 33.4 Å². The summed E-state index contributed by atoms with van der Waals surface area (Å²) in [6.07, 6.45) is 0.540. The van der Waals surface area contributed by atoms with Crippen molar-refractivity contribution in [2.45, 2.75) is 136 Å². The van der Waals surface area contributed by atoms with Gasteiger partial charge in [-0.3, -0.25) is 24.1 Å². The average Bonchev–Trinajstić information content (AvgIpc) is 3.54. The first-order chi connectivity index (χ1) is 28.9. The molecule has 2 aliphatic heterocycles. The number of likely N-dealkylation sites (tertiary alicyclic amines) is 1.